The van der Waals surface area contributed by atoms with Gasteiger partial charge < -0.3 is 9.47 Å². The molecule has 1 heterocycles. The highest BCUT2D eigenvalue weighted by atomic mass is 19.1. The number of rotatable bonds is 3. The van der Waals surface area contributed by atoms with Crippen LogP contribution in [0, 0.1) is 29.1 Å². The van der Waals surface area contributed by atoms with Gasteiger partial charge in [-0.3, -0.25) is 14.6 Å². The smallest absolute Gasteiger partial charge is 0.310 e. The second-order valence-corrected chi connectivity index (χ2v) is 9.98. The molecule has 7 heteroatoms. The molecule has 6 nitrogen and oxygen atoms in total. The number of esters is 2. The molecule has 0 bridgehead atoms. The minimum absolute atomic E-state index is 0.0300. The lowest BCUT2D eigenvalue weighted by Crippen LogP contribution is -2.48. The maximum Gasteiger partial charge on any atom is 0.310 e. The lowest BCUT2D eigenvalue weighted by Gasteiger charge is -2.52. The summed E-state index contributed by atoms with van der Waals surface area (Å²) in [5.41, 5.74) is 3.51. The van der Waals surface area contributed by atoms with E-state index in [-0.39, 0.29) is 41.1 Å². The second kappa shape index (κ2) is 8.26. The Hall–Kier alpha value is -2.70. The predicted octanol–water partition coefficient (Wildman–Crippen LogP) is 4.46. The van der Waals surface area contributed by atoms with E-state index in [4.69, 9.17) is 14.6 Å². The van der Waals surface area contributed by atoms with Crippen LogP contribution in [0.2, 0.25) is 0 Å². The van der Waals surface area contributed by atoms with Crippen molar-refractivity contribution in [3.8, 4) is 0 Å². The molecule has 0 aromatic carbocycles. The Morgan fingerprint density at radius 1 is 1.15 bits per heavy atom. The number of carbonyl (C=O) groups excluding carboxylic acids is 2. The molecule has 1 aliphatic heterocycles. The zero-order valence-electron chi connectivity index (χ0n) is 19.4. The van der Waals surface area contributed by atoms with Crippen LogP contribution in [-0.2, 0) is 19.1 Å². The van der Waals surface area contributed by atoms with Crippen molar-refractivity contribution in [3.63, 3.8) is 0 Å². The Balaban J connectivity index is 1.47. The number of allylic oxidation sites excluding steroid dienone is 7. The van der Waals surface area contributed by atoms with E-state index in [0.717, 1.165) is 25.0 Å². The zero-order valence-corrected chi connectivity index (χ0v) is 19.4. The van der Waals surface area contributed by atoms with Gasteiger partial charge in [0.25, 0.3) is 0 Å². The predicted molar refractivity (Wildman–Crippen MR) is 121 cm³/mol. The third kappa shape index (κ3) is 3.47. The van der Waals surface area contributed by atoms with Crippen molar-refractivity contribution in [2.75, 3.05) is 14.2 Å². The average molecular weight is 455 g/mol. The van der Waals surface area contributed by atoms with Crippen LogP contribution < -0.4 is 0 Å². The molecule has 5 rings (SSSR count). The van der Waals surface area contributed by atoms with Crippen molar-refractivity contribution in [3.05, 3.63) is 47.0 Å². The minimum Gasteiger partial charge on any atom is -0.469 e. The molecular weight excluding hydrogens is 423 g/mol. The van der Waals surface area contributed by atoms with Crippen LogP contribution in [0.1, 0.15) is 45.4 Å². The third-order valence-electron chi connectivity index (χ3n) is 8.40. The van der Waals surface area contributed by atoms with E-state index in [2.05, 4.69) is 24.1 Å². The molecule has 0 amide bonds. The van der Waals surface area contributed by atoms with Gasteiger partial charge >= 0.3 is 11.9 Å². The summed E-state index contributed by atoms with van der Waals surface area (Å²) < 4.78 is 23.7. The molecular formula is C26H31FN2O4. The summed E-state index contributed by atoms with van der Waals surface area (Å²) in [5, 5.41) is 6.78. The number of methoxy groups -OCH3 is 2. The summed E-state index contributed by atoms with van der Waals surface area (Å²) in [5.74, 6) is -1.56. The van der Waals surface area contributed by atoms with E-state index in [0.29, 0.717) is 19.3 Å². The topological polar surface area (TPSA) is 68.2 Å². The lowest BCUT2D eigenvalue weighted by molar-refractivity contribution is -0.160. The van der Waals surface area contributed by atoms with E-state index in [9.17, 15) is 14.0 Å². The van der Waals surface area contributed by atoms with Crippen LogP contribution in [0.25, 0.3) is 0 Å². The van der Waals surface area contributed by atoms with Gasteiger partial charge in [0.1, 0.15) is 5.83 Å². The van der Waals surface area contributed by atoms with Crippen LogP contribution in [-0.4, -0.2) is 43.4 Å². The summed E-state index contributed by atoms with van der Waals surface area (Å²) in [7, 11) is 2.76. The standard InChI is InChI=1S/C26H31FN2O4/c1-26-13-15-14-28-29(18-7-5-17(27)6-8-18)22(15)12-16(26)4-9-19-21(26)11-10-20(24(30)32-2)23(19)25(31)33-3/h5,7,11-12,14-15,19-20,22-23H,4,6,8-10,13H2,1-3H3/t15?,19-,20-,22?,23-,26-/m0/s1. The van der Waals surface area contributed by atoms with E-state index in [1.165, 1.54) is 25.4 Å². The van der Waals surface area contributed by atoms with Crippen molar-refractivity contribution in [2.24, 2.45) is 34.2 Å². The van der Waals surface area contributed by atoms with Crippen LogP contribution in [0.5, 0.6) is 0 Å². The van der Waals surface area contributed by atoms with Crippen molar-refractivity contribution in [1.82, 2.24) is 5.01 Å². The van der Waals surface area contributed by atoms with Crippen LogP contribution in [0.3, 0.4) is 0 Å². The van der Waals surface area contributed by atoms with Gasteiger partial charge in [-0.25, -0.2) is 4.39 Å². The minimum atomic E-state index is -0.513. The maximum absolute atomic E-state index is 13.5. The zero-order chi connectivity index (χ0) is 23.3. The van der Waals surface area contributed by atoms with Gasteiger partial charge in [-0.2, -0.15) is 5.10 Å². The highest BCUT2D eigenvalue weighted by Crippen LogP contribution is 2.59. The van der Waals surface area contributed by atoms with Crippen LogP contribution >= 0.6 is 0 Å². The third-order valence-corrected chi connectivity index (χ3v) is 8.40. The molecule has 0 saturated heterocycles. The molecule has 0 N–H and O–H groups in total. The van der Waals surface area contributed by atoms with Gasteiger partial charge in [0, 0.05) is 29.7 Å². The first-order valence-corrected chi connectivity index (χ1v) is 11.8. The summed E-state index contributed by atoms with van der Waals surface area (Å²) in [6.07, 6.45) is 14.1. The summed E-state index contributed by atoms with van der Waals surface area (Å²) >= 11 is 0. The molecule has 1 fully saturated rings. The first-order chi connectivity index (χ1) is 15.9. The van der Waals surface area contributed by atoms with Crippen molar-refractivity contribution >= 4 is 18.2 Å². The fourth-order valence-corrected chi connectivity index (χ4v) is 6.75. The number of halogens is 1. The van der Waals surface area contributed by atoms with Gasteiger partial charge in [-0.1, -0.05) is 30.2 Å². The Labute approximate surface area is 193 Å². The fraction of sp³-hybridized carbons (Fsp3) is 0.577. The van der Waals surface area contributed by atoms with Crippen molar-refractivity contribution < 1.29 is 23.5 Å². The van der Waals surface area contributed by atoms with E-state index >= 15 is 0 Å². The van der Waals surface area contributed by atoms with Crippen LogP contribution in [0.15, 0.2) is 52.1 Å². The highest BCUT2D eigenvalue weighted by molar-refractivity contribution is 5.83. The molecule has 0 radical (unpaired) electrons. The van der Waals surface area contributed by atoms with Gasteiger partial charge in [0.15, 0.2) is 0 Å². The molecule has 0 spiro atoms. The molecule has 33 heavy (non-hydrogen) atoms. The average Bonchev–Trinajstić information content (AvgIpc) is 3.23. The molecule has 2 unspecified atom stereocenters. The molecule has 4 aliphatic carbocycles. The number of nitrogens with zero attached hydrogens (tertiary/aromatic N) is 2. The number of hydrogen-bond donors (Lipinski definition) is 0. The van der Waals surface area contributed by atoms with E-state index < -0.39 is 11.8 Å². The van der Waals surface area contributed by atoms with Crippen molar-refractivity contribution in [2.45, 2.75) is 51.5 Å². The summed E-state index contributed by atoms with van der Waals surface area (Å²) in [6, 6.07) is 0.147. The number of fused-ring (bicyclic) bond motifs is 4. The molecule has 1 saturated carbocycles. The molecule has 0 aromatic rings. The van der Waals surface area contributed by atoms with Gasteiger partial charge in [0.2, 0.25) is 0 Å². The number of carbonyl (C=O) groups is 2. The molecule has 176 valence electrons. The molecule has 0 aromatic heterocycles. The van der Waals surface area contributed by atoms with Crippen LogP contribution in [0.4, 0.5) is 4.39 Å². The fourth-order valence-electron chi connectivity index (χ4n) is 6.75. The SMILES string of the molecule is COC(=O)[C@@H]1[C@@H](C(=O)OC)CC=C2[C@@H]1CCC1=CC3C(C=NN3C3=CC=C(F)CC3)C[C@@]12C. The first kappa shape index (κ1) is 22.1. The van der Waals surface area contributed by atoms with E-state index in [1.54, 1.807) is 6.08 Å². The maximum atomic E-state index is 13.5. The van der Waals surface area contributed by atoms with Gasteiger partial charge in [-0.05, 0) is 50.2 Å². The number of hydrazone groups is 1. The normalized spacial score (nSPS) is 37.0. The molecule has 6 atom stereocenters. The Bertz CT molecular complexity index is 1030. The van der Waals surface area contributed by atoms with Gasteiger partial charge in [0.05, 0.1) is 32.1 Å². The summed E-state index contributed by atoms with van der Waals surface area (Å²) in [4.78, 5) is 25.3. The van der Waals surface area contributed by atoms with E-state index in [1.807, 2.05) is 12.3 Å². The monoisotopic (exact) mass is 454 g/mol. The number of hydrogen-bond acceptors (Lipinski definition) is 6. The second-order valence-electron chi connectivity index (χ2n) is 9.98. The summed E-state index contributed by atoms with van der Waals surface area (Å²) in [6.45, 7) is 2.27. The number of ether oxygens (including phenoxy) is 2. The van der Waals surface area contributed by atoms with Gasteiger partial charge in [-0.15, -0.1) is 0 Å². The molecule has 5 aliphatic rings. The highest BCUT2D eigenvalue weighted by Gasteiger charge is 2.54. The Morgan fingerprint density at radius 3 is 2.64 bits per heavy atom. The Kier molecular flexibility index (Phi) is 5.53. The lowest BCUT2D eigenvalue weighted by atomic mass is 9.52. The quantitative estimate of drug-likeness (QED) is 0.465. The largest absolute Gasteiger partial charge is 0.469 e. The Morgan fingerprint density at radius 2 is 1.94 bits per heavy atom. The van der Waals surface area contributed by atoms with Crippen molar-refractivity contribution in [1.29, 1.82) is 0 Å². The first-order valence-electron chi connectivity index (χ1n) is 11.8.